The largest absolute Gasteiger partial charge is 0.399 e. The summed E-state index contributed by atoms with van der Waals surface area (Å²) in [5, 5.41) is 0. The van der Waals surface area contributed by atoms with Gasteiger partial charge in [0.25, 0.3) is 0 Å². The number of nitrogens with two attached hydrogens (primary N) is 1. The van der Waals surface area contributed by atoms with Crippen LogP contribution in [0.1, 0.15) is 26.0 Å². The fraction of sp³-hybridized carbons (Fsp3) is 0.545. The van der Waals surface area contributed by atoms with Gasteiger partial charge < -0.3 is 5.73 Å². The molecule has 1 heterocycles. The molecule has 1 rings (SSSR count). The highest BCUT2D eigenvalue weighted by Crippen LogP contribution is 2.08. The third-order valence-corrected chi connectivity index (χ3v) is 2.60. The Balaban J connectivity index is 2.60. The van der Waals surface area contributed by atoms with Crippen LogP contribution in [0.25, 0.3) is 0 Å². The van der Waals surface area contributed by atoms with Gasteiger partial charge in [0.1, 0.15) is 0 Å². The minimum atomic E-state index is 0.582. The molecule has 14 heavy (non-hydrogen) atoms. The van der Waals surface area contributed by atoms with Crippen molar-refractivity contribution in [2.24, 2.45) is 0 Å². The molecule has 0 aliphatic rings. The van der Waals surface area contributed by atoms with Crippen molar-refractivity contribution in [3.63, 3.8) is 0 Å². The van der Waals surface area contributed by atoms with Crippen molar-refractivity contribution in [1.82, 2.24) is 9.88 Å². The predicted molar refractivity (Wildman–Crippen MR) is 59.9 cm³/mol. The minimum Gasteiger partial charge on any atom is -0.399 e. The molecule has 3 heteroatoms. The molecule has 0 aliphatic carbocycles. The lowest BCUT2D eigenvalue weighted by atomic mass is 10.2. The molecule has 0 aliphatic heterocycles. The fourth-order valence-corrected chi connectivity index (χ4v) is 1.31. The highest BCUT2D eigenvalue weighted by Gasteiger charge is 2.07. The summed E-state index contributed by atoms with van der Waals surface area (Å²) < 4.78 is 0. The van der Waals surface area contributed by atoms with Gasteiger partial charge in [0.05, 0.1) is 5.69 Å². The number of nitrogen functional groups attached to an aromatic ring is 1. The van der Waals surface area contributed by atoms with E-state index in [0.717, 1.165) is 24.3 Å². The number of hydrogen-bond acceptors (Lipinski definition) is 3. The third-order valence-electron chi connectivity index (χ3n) is 2.60. The number of anilines is 1. The Morgan fingerprint density at radius 3 is 2.86 bits per heavy atom. The highest BCUT2D eigenvalue weighted by atomic mass is 15.1. The van der Waals surface area contributed by atoms with Gasteiger partial charge in [-0.3, -0.25) is 9.88 Å². The topological polar surface area (TPSA) is 42.1 Å². The summed E-state index contributed by atoms with van der Waals surface area (Å²) in [5.74, 6) is 0. The van der Waals surface area contributed by atoms with Gasteiger partial charge in [-0.1, -0.05) is 6.92 Å². The highest BCUT2D eigenvalue weighted by molar-refractivity contribution is 5.37. The number of aromatic nitrogens is 1. The molecule has 0 amide bonds. The normalized spacial score (nSPS) is 13.1. The van der Waals surface area contributed by atoms with Crippen molar-refractivity contribution in [3.8, 4) is 0 Å². The Morgan fingerprint density at radius 2 is 2.29 bits per heavy atom. The Morgan fingerprint density at radius 1 is 1.57 bits per heavy atom. The number of hydrogen-bond donors (Lipinski definition) is 1. The second-order valence-corrected chi connectivity index (χ2v) is 3.75. The molecule has 1 aromatic rings. The van der Waals surface area contributed by atoms with E-state index in [1.54, 1.807) is 6.20 Å². The van der Waals surface area contributed by atoms with Gasteiger partial charge in [0.2, 0.25) is 0 Å². The third kappa shape index (κ3) is 3.00. The van der Waals surface area contributed by atoms with Crippen LogP contribution in [-0.4, -0.2) is 23.0 Å². The van der Waals surface area contributed by atoms with E-state index in [1.807, 2.05) is 12.1 Å². The van der Waals surface area contributed by atoms with E-state index in [9.17, 15) is 0 Å². The summed E-state index contributed by atoms with van der Waals surface area (Å²) in [4.78, 5) is 6.55. The molecule has 0 saturated carbocycles. The molecule has 1 aromatic heterocycles. The maximum Gasteiger partial charge on any atom is 0.0564 e. The van der Waals surface area contributed by atoms with Crippen molar-refractivity contribution >= 4 is 5.69 Å². The van der Waals surface area contributed by atoms with Crippen LogP contribution in [-0.2, 0) is 6.54 Å². The van der Waals surface area contributed by atoms with Crippen molar-refractivity contribution in [3.05, 3.63) is 24.0 Å². The van der Waals surface area contributed by atoms with Crippen LogP contribution in [0, 0.1) is 0 Å². The average Bonchev–Trinajstić information content (AvgIpc) is 2.16. The molecule has 0 saturated heterocycles. The molecule has 0 aromatic carbocycles. The first-order valence-corrected chi connectivity index (χ1v) is 5.04. The van der Waals surface area contributed by atoms with Crippen LogP contribution in [0.4, 0.5) is 5.69 Å². The van der Waals surface area contributed by atoms with E-state index in [-0.39, 0.29) is 0 Å². The lowest BCUT2D eigenvalue weighted by Crippen LogP contribution is -2.28. The number of rotatable bonds is 4. The standard InChI is InChI=1S/C11H19N3/c1-4-9(2)14(3)8-11-7-10(12)5-6-13-11/h5-7,9H,4,8H2,1-3H3,(H2,12,13). The lowest BCUT2D eigenvalue weighted by Gasteiger charge is -2.22. The van der Waals surface area contributed by atoms with Crippen LogP contribution < -0.4 is 5.73 Å². The first-order chi connectivity index (χ1) is 6.63. The molecule has 2 N–H and O–H groups in total. The molecule has 0 spiro atoms. The van der Waals surface area contributed by atoms with Crippen molar-refractivity contribution in [2.75, 3.05) is 12.8 Å². The number of pyridine rings is 1. The van der Waals surface area contributed by atoms with Crippen LogP contribution in [0.15, 0.2) is 18.3 Å². The fourth-order valence-electron chi connectivity index (χ4n) is 1.31. The van der Waals surface area contributed by atoms with Crippen molar-refractivity contribution in [2.45, 2.75) is 32.9 Å². The molecule has 0 fully saturated rings. The maximum absolute atomic E-state index is 5.68. The smallest absolute Gasteiger partial charge is 0.0564 e. The van der Waals surface area contributed by atoms with Crippen LogP contribution in [0.2, 0.25) is 0 Å². The monoisotopic (exact) mass is 193 g/mol. The Labute approximate surface area is 85.9 Å². The van der Waals surface area contributed by atoms with Gasteiger partial charge >= 0.3 is 0 Å². The summed E-state index contributed by atoms with van der Waals surface area (Å²) in [5.41, 5.74) is 7.50. The van der Waals surface area contributed by atoms with Crippen LogP contribution in [0.3, 0.4) is 0 Å². The average molecular weight is 193 g/mol. The predicted octanol–water partition coefficient (Wildman–Crippen LogP) is 1.89. The molecular weight excluding hydrogens is 174 g/mol. The second-order valence-electron chi connectivity index (χ2n) is 3.75. The Kier molecular flexibility index (Phi) is 3.89. The molecule has 0 bridgehead atoms. The van der Waals surface area contributed by atoms with E-state index in [2.05, 4.69) is 30.8 Å². The number of nitrogens with zero attached hydrogens (tertiary/aromatic N) is 2. The summed E-state index contributed by atoms with van der Waals surface area (Å²) in [6.07, 6.45) is 2.91. The van der Waals surface area contributed by atoms with Crippen molar-refractivity contribution < 1.29 is 0 Å². The minimum absolute atomic E-state index is 0.582. The van der Waals surface area contributed by atoms with Gasteiger partial charge in [0.15, 0.2) is 0 Å². The zero-order valence-electron chi connectivity index (χ0n) is 9.20. The van der Waals surface area contributed by atoms with E-state index in [1.165, 1.54) is 0 Å². The Bertz CT molecular complexity index is 286. The molecular formula is C11H19N3. The summed E-state index contributed by atoms with van der Waals surface area (Å²) in [7, 11) is 2.11. The second kappa shape index (κ2) is 4.96. The SMILES string of the molecule is CCC(C)N(C)Cc1cc(N)ccn1. The summed E-state index contributed by atoms with van der Waals surface area (Å²) >= 11 is 0. The molecule has 78 valence electrons. The molecule has 3 nitrogen and oxygen atoms in total. The van der Waals surface area contributed by atoms with Gasteiger partial charge in [-0.2, -0.15) is 0 Å². The van der Waals surface area contributed by atoms with Gasteiger partial charge in [-0.05, 0) is 32.5 Å². The van der Waals surface area contributed by atoms with E-state index < -0.39 is 0 Å². The summed E-state index contributed by atoms with van der Waals surface area (Å²) in [6.45, 7) is 5.26. The molecule has 1 unspecified atom stereocenters. The Hall–Kier alpha value is -1.09. The van der Waals surface area contributed by atoms with E-state index in [0.29, 0.717) is 6.04 Å². The quantitative estimate of drug-likeness (QED) is 0.794. The van der Waals surface area contributed by atoms with Crippen molar-refractivity contribution in [1.29, 1.82) is 0 Å². The summed E-state index contributed by atoms with van der Waals surface area (Å²) in [6, 6.07) is 4.32. The lowest BCUT2D eigenvalue weighted by molar-refractivity contribution is 0.241. The zero-order valence-corrected chi connectivity index (χ0v) is 9.20. The van der Waals surface area contributed by atoms with Gasteiger partial charge in [0, 0.05) is 24.5 Å². The molecule has 0 radical (unpaired) electrons. The maximum atomic E-state index is 5.68. The van der Waals surface area contributed by atoms with E-state index >= 15 is 0 Å². The molecule has 1 atom stereocenters. The van der Waals surface area contributed by atoms with Gasteiger partial charge in [-0.25, -0.2) is 0 Å². The zero-order chi connectivity index (χ0) is 10.6. The van der Waals surface area contributed by atoms with Crippen LogP contribution >= 0.6 is 0 Å². The van der Waals surface area contributed by atoms with Crippen LogP contribution in [0.5, 0.6) is 0 Å². The first-order valence-electron chi connectivity index (χ1n) is 5.04. The van der Waals surface area contributed by atoms with E-state index in [4.69, 9.17) is 5.73 Å². The first kappa shape index (κ1) is 11.0. The van der Waals surface area contributed by atoms with Gasteiger partial charge in [-0.15, -0.1) is 0 Å².